The third-order valence-corrected chi connectivity index (χ3v) is 7.11. The average molecular weight is 488 g/mol. The Labute approximate surface area is 191 Å². The van der Waals surface area contributed by atoms with Crippen LogP contribution in [0.3, 0.4) is 0 Å². The molecule has 1 aliphatic rings. The topological polar surface area (TPSA) is 46.2 Å². The van der Waals surface area contributed by atoms with Crippen molar-refractivity contribution in [1.29, 1.82) is 0 Å². The van der Waals surface area contributed by atoms with E-state index >= 15 is 0 Å². The highest BCUT2D eigenvalue weighted by molar-refractivity contribution is 7.86. The number of aryl methyl sites for hydroxylation is 2. The van der Waals surface area contributed by atoms with Crippen LogP contribution in [0.1, 0.15) is 45.5 Å². The number of benzene rings is 2. The number of allylic oxidation sites excluding steroid dienone is 1. The second-order valence-electron chi connectivity index (χ2n) is 7.73. The van der Waals surface area contributed by atoms with Crippen molar-refractivity contribution in [2.75, 3.05) is 11.5 Å². The summed E-state index contributed by atoms with van der Waals surface area (Å²) in [6.07, 6.45) is -1.75. The predicted octanol–water partition coefficient (Wildman–Crippen LogP) is 5.57. The Morgan fingerprint density at radius 2 is 1.97 bits per heavy atom. The van der Waals surface area contributed by atoms with Gasteiger partial charge in [0.25, 0.3) is 5.91 Å². The van der Waals surface area contributed by atoms with Gasteiger partial charge in [-0.05, 0) is 47.7 Å². The zero-order valence-electron chi connectivity index (χ0n) is 17.4. The van der Waals surface area contributed by atoms with Gasteiger partial charge in [0.2, 0.25) is 0 Å². The maximum Gasteiger partial charge on any atom is 0.399 e. The minimum atomic E-state index is -4.60. The van der Waals surface area contributed by atoms with E-state index < -0.39 is 28.7 Å². The van der Waals surface area contributed by atoms with E-state index in [0.717, 1.165) is 18.2 Å². The van der Waals surface area contributed by atoms with E-state index in [1.54, 1.807) is 18.2 Å². The Hall–Kier alpha value is -2.19. The molecule has 3 nitrogen and oxygen atoms in total. The number of halogens is 5. The normalized spacial score (nSPS) is 19.6. The number of hydrogen-bond donors (Lipinski definition) is 1. The van der Waals surface area contributed by atoms with Gasteiger partial charge >= 0.3 is 6.18 Å². The molecule has 172 valence electrons. The van der Waals surface area contributed by atoms with Crippen LogP contribution in [0.2, 0.25) is 5.02 Å². The molecule has 1 fully saturated rings. The quantitative estimate of drug-likeness (QED) is 0.541. The third kappa shape index (κ3) is 5.59. The van der Waals surface area contributed by atoms with Gasteiger partial charge in [0.1, 0.15) is 5.82 Å². The highest BCUT2D eigenvalue weighted by Gasteiger charge is 2.39. The molecule has 1 unspecified atom stereocenters. The first-order valence-electron chi connectivity index (χ1n) is 9.98. The van der Waals surface area contributed by atoms with Gasteiger partial charge in [0.05, 0.1) is 17.0 Å². The van der Waals surface area contributed by atoms with Crippen LogP contribution < -0.4 is 5.32 Å². The van der Waals surface area contributed by atoms with Crippen molar-refractivity contribution in [3.8, 4) is 0 Å². The number of carbonyl (C=O) groups is 1. The fraction of sp³-hybridized carbons (Fsp3) is 0.348. The molecule has 0 aromatic heterocycles. The lowest BCUT2D eigenvalue weighted by atomic mass is 9.94. The van der Waals surface area contributed by atoms with Gasteiger partial charge in [-0.25, -0.2) is 4.39 Å². The zero-order valence-corrected chi connectivity index (χ0v) is 19.0. The monoisotopic (exact) mass is 487 g/mol. The Balaban J connectivity index is 1.85. The van der Waals surface area contributed by atoms with Crippen molar-refractivity contribution in [3.63, 3.8) is 0 Å². The smallest absolute Gasteiger partial charge is 0.347 e. The Morgan fingerprint density at radius 3 is 2.53 bits per heavy atom. The molecule has 1 amide bonds. The average Bonchev–Trinajstić information content (AvgIpc) is 2.69. The maximum atomic E-state index is 13.8. The van der Waals surface area contributed by atoms with E-state index in [-0.39, 0.29) is 28.1 Å². The van der Waals surface area contributed by atoms with Gasteiger partial charge in [-0.3, -0.25) is 9.00 Å². The largest absolute Gasteiger partial charge is 0.399 e. The summed E-state index contributed by atoms with van der Waals surface area (Å²) in [5.41, 5.74) is 1.52. The number of rotatable bonds is 6. The van der Waals surface area contributed by atoms with Crippen LogP contribution in [-0.4, -0.2) is 33.8 Å². The molecule has 1 saturated heterocycles. The SMILES string of the molecule is CCc1cc(/C=C/C(c2cc(C)c(F)c(Cl)c2)C(F)(F)F)ccc1C(=O)NC1CS(=O)C1. The molecule has 2 aromatic rings. The van der Waals surface area contributed by atoms with Crippen molar-refractivity contribution >= 4 is 34.4 Å². The van der Waals surface area contributed by atoms with Gasteiger partial charge in [0.15, 0.2) is 0 Å². The maximum absolute atomic E-state index is 13.8. The van der Waals surface area contributed by atoms with E-state index in [1.165, 1.54) is 13.0 Å². The molecule has 0 aliphatic carbocycles. The highest BCUT2D eigenvalue weighted by Crippen LogP contribution is 2.38. The van der Waals surface area contributed by atoms with E-state index in [4.69, 9.17) is 11.6 Å². The summed E-state index contributed by atoms with van der Waals surface area (Å²) in [7, 11) is -0.886. The van der Waals surface area contributed by atoms with Crippen molar-refractivity contribution in [2.45, 2.75) is 38.4 Å². The Bertz CT molecular complexity index is 1050. The zero-order chi connectivity index (χ0) is 23.6. The van der Waals surface area contributed by atoms with Crippen molar-refractivity contribution in [1.82, 2.24) is 5.32 Å². The fourth-order valence-corrected chi connectivity index (χ4v) is 4.77. The molecular formula is C23H22ClF4NO2S. The molecule has 1 heterocycles. The molecule has 1 atom stereocenters. The lowest BCUT2D eigenvalue weighted by Gasteiger charge is -2.26. The van der Waals surface area contributed by atoms with Crippen molar-refractivity contribution in [3.05, 3.63) is 75.1 Å². The first-order chi connectivity index (χ1) is 15.0. The van der Waals surface area contributed by atoms with E-state index in [1.807, 2.05) is 6.92 Å². The Kier molecular flexibility index (Phi) is 7.45. The Morgan fingerprint density at radius 1 is 1.28 bits per heavy atom. The number of carbonyl (C=O) groups excluding carboxylic acids is 1. The van der Waals surface area contributed by atoms with Gasteiger partial charge in [-0.1, -0.05) is 48.9 Å². The minimum Gasteiger partial charge on any atom is -0.347 e. The van der Waals surface area contributed by atoms with Gasteiger partial charge in [-0.2, -0.15) is 13.2 Å². The number of amides is 1. The van der Waals surface area contributed by atoms with Gasteiger partial charge < -0.3 is 5.32 Å². The van der Waals surface area contributed by atoms with Crippen LogP contribution in [0.4, 0.5) is 17.6 Å². The molecule has 32 heavy (non-hydrogen) atoms. The number of nitrogens with one attached hydrogen (secondary N) is 1. The molecule has 0 radical (unpaired) electrons. The first-order valence-corrected chi connectivity index (χ1v) is 11.9. The van der Waals surface area contributed by atoms with Crippen molar-refractivity contribution < 1.29 is 26.6 Å². The molecular weight excluding hydrogens is 466 g/mol. The lowest BCUT2D eigenvalue weighted by Crippen LogP contribution is -2.50. The standard InChI is InChI=1S/C23H22ClF4NO2S/c1-3-15-9-14(4-6-18(15)22(30)29-17-11-32(31)12-17)5-7-19(23(26,27)28)16-8-13(2)21(25)20(24)10-16/h4-10,17,19H,3,11-12H2,1-2H3,(H,29,30)/b7-5+. The molecule has 0 spiro atoms. The molecule has 3 rings (SSSR count). The summed E-state index contributed by atoms with van der Waals surface area (Å²) in [4.78, 5) is 12.5. The summed E-state index contributed by atoms with van der Waals surface area (Å²) in [5.74, 6) is -2.13. The summed E-state index contributed by atoms with van der Waals surface area (Å²) in [5, 5.41) is 2.46. The van der Waals surface area contributed by atoms with Crippen LogP contribution in [0.5, 0.6) is 0 Å². The lowest BCUT2D eigenvalue weighted by molar-refractivity contribution is -0.139. The van der Waals surface area contributed by atoms with Gasteiger partial charge in [-0.15, -0.1) is 0 Å². The van der Waals surface area contributed by atoms with Crippen LogP contribution in [0.15, 0.2) is 36.4 Å². The number of alkyl halides is 3. The van der Waals surface area contributed by atoms with E-state index in [0.29, 0.717) is 34.6 Å². The first kappa shape index (κ1) is 24.5. The molecule has 1 N–H and O–H groups in total. The molecule has 2 aromatic carbocycles. The summed E-state index contributed by atoms with van der Waals surface area (Å²) in [6.45, 7) is 3.21. The van der Waals surface area contributed by atoms with Crippen molar-refractivity contribution in [2.24, 2.45) is 0 Å². The summed E-state index contributed by atoms with van der Waals surface area (Å²) in [6, 6.07) is 6.82. The molecule has 0 saturated carbocycles. The van der Waals surface area contributed by atoms with Crippen LogP contribution >= 0.6 is 11.6 Å². The molecule has 0 bridgehead atoms. The molecule has 9 heteroatoms. The van der Waals surface area contributed by atoms with Gasteiger partial charge in [0, 0.05) is 27.9 Å². The summed E-state index contributed by atoms with van der Waals surface area (Å²) >= 11 is 5.75. The van der Waals surface area contributed by atoms with Crippen LogP contribution in [0.25, 0.3) is 6.08 Å². The predicted molar refractivity (Wildman–Crippen MR) is 119 cm³/mol. The van der Waals surface area contributed by atoms with Crippen LogP contribution in [0, 0.1) is 12.7 Å². The number of hydrogen-bond acceptors (Lipinski definition) is 2. The third-order valence-electron chi connectivity index (χ3n) is 5.29. The summed E-state index contributed by atoms with van der Waals surface area (Å²) < 4.78 is 66.1. The van der Waals surface area contributed by atoms with E-state index in [9.17, 15) is 26.6 Å². The van der Waals surface area contributed by atoms with E-state index in [2.05, 4.69) is 5.32 Å². The van der Waals surface area contributed by atoms with Crippen LogP contribution in [-0.2, 0) is 17.2 Å². The highest BCUT2D eigenvalue weighted by atomic mass is 35.5. The minimum absolute atomic E-state index is 0.0362. The molecule has 1 aliphatic heterocycles. The fourth-order valence-electron chi connectivity index (χ4n) is 3.53. The second-order valence-corrected chi connectivity index (χ2v) is 9.68. The second kappa shape index (κ2) is 9.75.